The van der Waals surface area contributed by atoms with E-state index >= 15 is 0 Å². The average Bonchev–Trinajstić information content (AvgIpc) is 2.99. The number of hydrogen-bond acceptors (Lipinski definition) is 4. The lowest BCUT2D eigenvalue weighted by molar-refractivity contribution is -0.115. The third-order valence-corrected chi connectivity index (χ3v) is 3.89. The Hall–Kier alpha value is -2.66. The van der Waals surface area contributed by atoms with Gasteiger partial charge in [-0.15, -0.1) is 0 Å². The first-order valence-electron chi connectivity index (χ1n) is 7.47. The molecule has 0 aliphatic heterocycles. The summed E-state index contributed by atoms with van der Waals surface area (Å²) in [6.45, 7) is 3.92. The number of hydrogen-bond donors (Lipinski definition) is 1. The Labute approximate surface area is 144 Å². The van der Waals surface area contributed by atoms with Crippen molar-refractivity contribution in [3.05, 3.63) is 64.4 Å². The molecule has 0 fully saturated rings. The predicted molar refractivity (Wildman–Crippen MR) is 93.0 cm³/mol. The molecular weight excluding hydrogens is 326 g/mol. The van der Waals surface area contributed by atoms with Crippen molar-refractivity contribution in [1.82, 2.24) is 10.1 Å². The molecule has 122 valence electrons. The van der Waals surface area contributed by atoms with E-state index in [0.717, 1.165) is 16.8 Å². The van der Waals surface area contributed by atoms with Crippen LogP contribution >= 0.6 is 11.6 Å². The number of nitrogens with zero attached hydrogens (tertiary/aromatic N) is 2. The first-order valence-corrected chi connectivity index (χ1v) is 7.85. The van der Waals surface area contributed by atoms with Crippen molar-refractivity contribution in [2.24, 2.45) is 0 Å². The maximum Gasteiger partial charge on any atom is 0.259 e. The van der Waals surface area contributed by atoms with Gasteiger partial charge in [0.1, 0.15) is 0 Å². The third-order valence-electron chi connectivity index (χ3n) is 3.56. The minimum absolute atomic E-state index is 0.0291. The van der Waals surface area contributed by atoms with Gasteiger partial charge in [0.15, 0.2) is 5.82 Å². The minimum atomic E-state index is -0.199. The molecule has 0 aliphatic rings. The van der Waals surface area contributed by atoms with Gasteiger partial charge in [0.2, 0.25) is 5.91 Å². The molecule has 3 aromatic rings. The lowest BCUT2D eigenvalue weighted by Crippen LogP contribution is -2.16. The highest BCUT2D eigenvalue weighted by molar-refractivity contribution is 6.33. The molecule has 3 rings (SSSR count). The normalized spacial score (nSPS) is 10.6. The quantitative estimate of drug-likeness (QED) is 0.772. The summed E-state index contributed by atoms with van der Waals surface area (Å²) in [5.41, 5.74) is 3.51. The second kappa shape index (κ2) is 6.84. The van der Waals surface area contributed by atoms with Crippen LogP contribution in [-0.2, 0) is 11.2 Å². The summed E-state index contributed by atoms with van der Waals surface area (Å²) in [6.07, 6.45) is 0.0291. The molecule has 1 N–H and O–H groups in total. The highest BCUT2D eigenvalue weighted by Crippen LogP contribution is 2.26. The smallest absolute Gasteiger partial charge is 0.259 e. The van der Waals surface area contributed by atoms with Crippen molar-refractivity contribution in [2.75, 3.05) is 5.32 Å². The lowest BCUT2D eigenvalue weighted by Gasteiger charge is -2.08. The fourth-order valence-corrected chi connectivity index (χ4v) is 2.49. The summed E-state index contributed by atoms with van der Waals surface area (Å²) in [5, 5.41) is 7.24. The standard InChI is InChI=1S/C18H16ClN3O2/c1-11-7-8-12(2)15(9-11)20-17(23)10-16-21-18(24-22-16)13-5-3-4-6-14(13)19/h3-9H,10H2,1-2H3,(H,20,23). The lowest BCUT2D eigenvalue weighted by atomic mass is 10.1. The Bertz CT molecular complexity index is 889. The van der Waals surface area contributed by atoms with Crippen LogP contribution in [0.2, 0.25) is 5.02 Å². The Balaban J connectivity index is 1.72. The largest absolute Gasteiger partial charge is 0.334 e. The summed E-state index contributed by atoms with van der Waals surface area (Å²) in [5.74, 6) is 0.415. The number of amides is 1. The molecule has 6 heteroatoms. The van der Waals surface area contributed by atoms with E-state index in [1.165, 1.54) is 0 Å². The number of aryl methyl sites for hydroxylation is 2. The summed E-state index contributed by atoms with van der Waals surface area (Å²) in [4.78, 5) is 16.4. The van der Waals surface area contributed by atoms with Gasteiger partial charge in [0, 0.05) is 5.69 Å². The maximum absolute atomic E-state index is 12.2. The highest BCUT2D eigenvalue weighted by atomic mass is 35.5. The van der Waals surface area contributed by atoms with Crippen molar-refractivity contribution in [3.63, 3.8) is 0 Å². The van der Waals surface area contributed by atoms with Crippen LogP contribution in [0.15, 0.2) is 47.0 Å². The first kappa shape index (κ1) is 16.2. The predicted octanol–water partition coefficient (Wildman–Crippen LogP) is 4.19. The molecule has 0 saturated carbocycles. The summed E-state index contributed by atoms with van der Waals surface area (Å²) in [6, 6.07) is 13.1. The molecule has 0 bridgehead atoms. The number of aromatic nitrogens is 2. The van der Waals surface area contributed by atoms with E-state index in [0.29, 0.717) is 22.3 Å². The minimum Gasteiger partial charge on any atom is -0.334 e. The Morgan fingerprint density at radius 3 is 2.79 bits per heavy atom. The van der Waals surface area contributed by atoms with E-state index in [4.69, 9.17) is 16.1 Å². The van der Waals surface area contributed by atoms with Gasteiger partial charge >= 0.3 is 0 Å². The van der Waals surface area contributed by atoms with Crippen LogP contribution in [0.4, 0.5) is 5.69 Å². The molecule has 0 unspecified atom stereocenters. The van der Waals surface area contributed by atoms with Crippen molar-refractivity contribution in [2.45, 2.75) is 20.3 Å². The van der Waals surface area contributed by atoms with E-state index in [9.17, 15) is 4.79 Å². The van der Waals surface area contributed by atoms with E-state index in [1.54, 1.807) is 12.1 Å². The van der Waals surface area contributed by atoms with Crippen LogP contribution in [-0.4, -0.2) is 16.0 Å². The monoisotopic (exact) mass is 341 g/mol. The van der Waals surface area contributed by atoms with Crippen LogP contribution in [0, 0.1) is 13.8 Å². The number of rotatable bonds is 4. The third kappa shape index (κ3) is 3.63. The van der Waals surface area contributed by atoms with E-state index in [2.05, 4.69) is 15.5 Å². The molecule has 1 heterocycles. The topological polar surface area (TPSA) is 68.0 Å². The molecule has 0 aliphatic carbocycles. The zero-order valence-corrected chi connectivity index (χ0v) is 14.1. The molecule has 5 nitrogen and oxygen atoms in total. The molecule has 0 saturated heterocycles. The molecule has 2 aromatic carbocycles. The van der Waals surface area contributed by atoms with Crippen LogP contribution in [0.5, 0.6) is 0 Å². The first-order chi connectivity index (χ1) is 11.5. The van der Waals surface area contributed by atoms with Crippen LogP contribution in [0.25, 0.3) is 11.5 Å². The van der Waals surface area contributed by atoms with Gasteiger partial charge in [-0.2, -0.15) is 4.98 Å². The molecule has 1 amide bonds. The average molecular weight is 342 g/mol. The van der Waals surface area contributed by atoms with Gasteiger partial charge in [-0.1, -0.05) is 41.0 Å². The molecule has 1 aromatic heterocycles. The van der Waals surface area contributed by atoms with E-state index in [1.807, 2.05) is 44.2 Å². The number of nitrogens with one attached hydrogen (secondary N) is 1. The van der Waals surface area contributed by atoms with Gasteiger partial charge in [-0.3, -0.25) is 4.79 Å². The molecule has 0 radical (unpaired) electrons. The van der Waals surface area contributed by atoms with E-state index in [-0.39, 0.29) is 12.3 Å². The number of benzene rings is 2. The Morgan fingerprint density at radius 1 is 1.21 bits per heavy atom. The second-order valence-electron chi connectivity index (χ2n) is 5.54. The van der Waals surface area contributed by atoms with Gasteiger partial charge in [-0.25, -0.2) is 0 Å². The van der Waals surface area contributed by atoms with Crippen molar-refractivity contribution in [1.29, 1.82) is 0 Å². The number of anilines is 1. The van der Waals surface area contributed by atoms with Crippen molar-refractivity contribution >= 4 is 23.2 Å². The molecule has 0 spiro atoms. The second-order valence-corrected chi connectivity index (χ2v) is 5.95. The zero-order chi connectivity index (χ0) is 17.1. The van der Waals surface area contributed by atoms with Gasteiger partial charge < -0.3 is 9.84 Å². The van der Waals surface area contributed by atoms with Gasteiger partial charge in [-0.05, 0) is 43.2 Å². The zero-order valence-electron chi connectivity index (χ0n) is 13.3. The van der Waals surface area contributed by atoms with Crippen molar-refractivity contribution in [3.8, 4) is 11.5 Å². The molecule has 24 heavy (non-hydrogen) atoms. The Morgan fingerprint density at radius 2 is 2.00 bits per heavy atom. The number of carbonyl (C=O) groups excluding carboxylic acids is 1. The summed E-state index contributed by atoms with van der Waals surface area (Å²) < 4.78 is 5.20. The van der Waals surface area contributed by atoms with Crippen LogP contribution in [0.3, 0.4) is 0 Å². The maximum atomic E-state index is 12.2. The SMILES string of the molecule is Cc1ccc(C)c(NC(=O)Cc2noc(-c3ccccc3Cl)n2)c1. The van der Waals surface area contributed by atoms with Crippen molar-refractivity contribution < 1.29 is 9.32 Å². The fourth-order valence-electron chi connectivity index (χ4n) is 2.28. The highest BCUT2D eigenvalue weighted by Gasteiger charge is 2.15. The Kier molecular flexibility index (Phi) is 4.62. The number of halogens is 1. The summed E-state index contributed by atoms with van der Waals surface area (Å²) >= 11 is 6.11. The summed E-state index contributed by atoms with van der Waals surface area (Å²) in [7, 11) is 0. The van der Waals surface area contributed by atoms with E-state index < -0.39 is 0 Å². The van der Waals surface area contributed by atoms with Crippen LogP contribution in [0.1, 0.15) is 17.0 Å². The fraction of sp³-hybridized carbons (Fsp3) is 0.167. The number of carbonyl (C=O) groups is 1. The molecular formula is C18H16ClN3O2. The van der Waals surface area contributed by atoms with Gasteiger partial charge in [0.25, 0.3) is 5.89 Å². The van der Waals surface area contributed by atoms with Gasteiger partial charge in [0.05, 0.1) is 17.0 Å². The van der Waals surface area contributed by atoms with Crippen LogP contribution < -0.4 is 5.32 Å². The molecule has 0 atom stereocenters.